The Morgan fingerprint density at radius 3 is 2.70 bits per heavy atom. The molecule has 0 unspecified atom stereocenters. The molecule has 0 saturated carbocycles. The average Bonchev–Trinajstić information content (AvgIpc) is 3.24. The molecule has 4 heterocycles. The number of rotatable bonds is 4. The van der Waals surface area contributed by atoms with Crippen molar-refractivity contribution in [3.63, 3.8) is 0 Å². The molecule has 1 atom stereocenters. The molecular formula is C19H27N5O3. The van der Waals surface area contributed by atoms with Crippen LogP contribution in [0.15, 0.2) is 4.52 Å². The summed E-state index contributed by atoms with van der Waals surface area (Å²) in [4.78, 5) is 14.7. The van der Waals surface area contributed by atoms with Crippen LogP contribution in [0.3, 0.4) is 0 Å². The predicted molar refractivity (Wildman–Crippen MR) is 97.2 cm³/mol. The first-order chi connectivity index (χ1) is 13.0. The van der Waals surface area contributed by atoms with Crippen molar-refractivity contribution in [3.05, 3.63) is 28.7 Å². The largest absolute Gasteiger partial charge is 0.381 e. The fraction of sp³-hybridized carbons (Fsp3) is 0.684. The van der Waals surface area contributed by atoms with Crippen LogP contribution in [-0.2, 0) is 22.5 Å². The third-order valence-electron chi connectivity index (χ3n) is 5.76. The van der Waals surface area contributed by atoms with E-state index in [0.29, 0.717) is 31.8 Å². The van der Waals surface area contributed by atoms with E-state index < -0.39 is 0 Å². The van der Waals surface area contributed by atoms with Gasteiger partial charge in [-0.15, -0.1) is 10.2 Å². The van der Waals surface area contributed by atoms with Crippen molar-refractivity contribution in [1.82, 2.24) is 24.8 Å². The molecule has 0 N–H and O–H groups in total. The van der Waals surface area contributed by atoms with Gasteiger partial charge in [-0.1, -0.05) is 5.16 Å². The summed E-state index contributed by atoms with van der Waals surface area (Å²) in [5.74, 6) is 3.30. The van der Waals surface area contributed by atoms with Crippen molar-refractivity contribution in [1.29, 1.82) is 0 Å². The number of aromatic nitrogens is 4. The van der Waals surface area contributed by atoms with Crippen LogP contribution in [0.2, 0.25) is 0 Å². The van der Waals surface area contributed by atoms with Crippen LogP contribution in [0.4, 0.5) is 0 Å². The van der Waals surface area contributed by atoms with Gasteiger partial charge in [-0.3, -0.25) is 4.79 Å². The Labute approximate surface area is 158 Å². The standard InChI is InChI=1S/C19H27N5O3/c1-12-10-23(18(25)5-4-16-13(2)22-27-14(16)3)11-17-20-21-19(24(12)17)15-6-8-26-9-7-15/h12,15H,4-11H2,1-3H3/t12-/m0/s1. The molecule has 0 bridgehead atoms. The second kappa shape index (κ2) is 7.42. The third kappa shape index (κ3) is 3.50. The zero-order valence-corrected chi connectivity index (χ0v) is 16.3. The number of nitrogens with zero attached hydrogens (tertiary/aromatic N) is 5. The number of fused-ring (bicyclic) bond motifs is 1. The Kier molecular flexibility index (Phi) is 4.99. The molecule has 2 aromatic rings. The third-order valence-corrected chi connectivity index (χ3v) is 5.76. The van der Waals surface area contributed by atoms with Crippen LogP contribution in [0.1, 0.15) is 66.8 Å². The SMILES string of the molecule is Cc1noc(C)c1CCC(=O)N1Cc2nnc(C3CCOCC3)n2[C@@H](C)C1. The van der Waals surface area contributed by atoms with Gasteiger partial charge in [0.25, 0.3) is 0 Å². The van der Waals surface area contributed by atoms with Gasteiger partial charge in [-0.2, -0.15) is 0 Å². The quantitative estimate of drug-likeness (QED) is 0.817. The van der Waals surface area contributed by atoms with Gasteiger partial charge in [-0.25, -0.2) is 0 Å². The van der Waals surface area contributed by atoms with E-state index in [-0.39, 0.29) is 11.9 Å². The lowest BCUT2D eigenvalue weighted by atomic mass is 9.98. The van der Waals surface area contributed by atoms with E-state index in [1.165, 1.54) is 0 Å². The van der Waals surface area contributed by atoms with Crippen LogP contribution >= 0.6 is 0 Å². The smallest absolute Gasteiger partial charge is 0.223 e. The summed E-state index contributed by atoms with van der Waals surface area (Å²) in [6.07, 6.45) is 3.09. The normalized spacial score (nSPS) is 20.7. The van der Waals surface area contributed by atoms with Gasteiger partial charge >= 0.3 is 0 Å². The minimum absolute atomic E-state index is 0.142. The van der Waals surface area contributed by atoms with Gasteiger partial charge in [0.1, 0.15) is 11.6 Å². The monoisotopic (exact) mass is 373 g/mol. The maximum atomic E-state index is 12.8. The maximum Gasteiger partial charge on any atom is 0.223 e. The minimum Gasteiger partial charge on any atom is -0.381 e. The molecular weight excluding hydrogens is 346 g/mol. The molecule has 8 nitrogen and oxygen atoms in total. The van der Waals surface area contributed by atoms with E-state index in [0.717, 1.165) is 54.7 Å². The molecule has 2 aliphatic rings. The minimum atomic E-state index is 0.142. The highest BCUT2D eigenvalue weighted by Crippen LogP contribution is 2.31. The molecule has 1 saturated heterocycles. The number of ether oxygens (including phenoxy) is 1. The van der Waals surface area contributed by atoms with Gasteiger partial charge < -0.3 is 18.7 Å². The molecule has 0 spiro atoms. The van der Waals surface area contributed by atoms with Gasteiger partial charge in [0.05, 0.1) is 18.3 Å². The number of hydrogen-bond donors (Lipinski definition) is 0. The van der Waals surface area contributed by atoms with E-state index in [2.05, 4.69) is 26.8 Å². The van der Waals surface area contributed by atoms with Crippen LogP contribution in [-0.4, -0.2) is 50.5 Å². The first-order valence-electron chi connectivity index (χ1n) is 9.75. The molecule has 0 aromatic carbocycles. The number of aryl methyl sites for hydroxylation is 2. The number of carbonyl (C=O) groups is 1. The highest BCUT2D eigenvalue weighted by atomic mass is 16.5. The molecule has 0 aliphatic carbocycles. The second-order valence-corrected chi connectivity index (χ2v) is 7.66. The number of amides is 1. The molecule has 2 aliphatic heterocycles. The Balaban J connectivity index is 1.44. The summed E-state index contributed by atoms with van der Waals surface area (Å²) in [5.41, 5.74) is 1.91. The lowest BCUT2D eigenvalue weighted by Crippen LogP contribution is -2.41. The molecule has 4 rings (SSSR count). The van der Waals surface area contributed by atoms with Gasteiger partial charge in [0, 0.05) is 37.7 Å². The molecule has 146 valence electrons. The van der Waals surface area contributed by atoms with Crippen molar-refractivity contribution in [2.45, 2.75) is 65.0 Å². The fourth-order valence-electron chi connectivity index (χ4n) is 4.23. The van der Waals surface area contributed by atoms with Crippen LogP contribution < -0.4 is 0 Å². The van der Waals surface area contributed by atoms with Crippen molar-refractivity contribution in [3.8, 4) is 0 Å². The van der Waals surface area contributed by atoms with Crippen molar-refractivity contribution in [2.75, 3.05) is 19.8 Å². The van der Waals surface area contributed by atoms with Crippen molar-refractivity contribution >= 4 is 5.91 Å². The topological polar surface area (TPSA) is 86.3 Å². The first-order valence-corrected chi connectivity index (χ1v) is 9.75. The Morgan fingerprint density at radius 1 is 1.22 bits per heavy atom. The number of hydrogen-bond acceptors (Lipinski definition) is 6. The summed E-state index contributed by atoms with van der Waals surface area (Å²) in [6.45, 7) is 8.75. The number of carbonyl (C=O) groups excluding carboxylic acids is 1. The van der Waals surface area contributed by atoms with Crippen LogP contribution in [0, 0.1) is 13.8 Å². The Hall–Kier alpha value is -2.22. The van der Waals surface area contributed by atoms with Crippen molar-refractivity contribution < 1.29 is 14.1 Å². The second-order valence-electron chi connectivity index (χ2n) is 7.66. The predicted octanol–water partition coefficient (Wildman–Crippen LogP) is 2.31. The average molecular weight is 373 g/mol. The maximum absolute atomic E-state index is 12.8. The van der Waals surface area contributed by atoms with E-state index in [9.17, 15) is 4.79 Å². The fourth-order valence-corrected chi connectivity index (χ4v) is 4.23. The summed E-state index contributed by atoms with van der Waals surface area (Å²) in [5, 5.41) is 12.8. The first kappa shape index (κ1) is 18.2. The van der Waals surface area contributed by atoms with E-state index in [1.807, 2.05) is 18.7 Å². The van der Waals surface area contributed by atoms with E-state index in [4.69, 9.17) is 9.26 Å². The van der Waals surface area contributed by atoms with Gasteiger partial charge in [0.15, 0.2) is 5.82 Å². The zero-order valence-electron chi connectivity index (χ0n) is 16.3. The molecule has 1 amide bonds. The van der Waals surface area contributed by atoms with Gasteiger partial charge in [-0.05, 0) is 40.0 Å². The molecule has 1 fully saturated rings. The van der Waals surface area contributed by atoms with Crippen molar-refractivity contribution in [2.24, 2.45) is 0 Å². The van der Waals surface area contributed by atoms with Crippen LogP contribution in [0.5, 0.6) is 0 Å². The summed E-state index contributed by atoms with van der Waals surface area (Å²) in [6, 6.07) is 0.185. The lowest BCUT2D eigenvalue weighted by molar-refractivity contribution is -0.133. The summed E-state index contributed by atoms with van der Waals surface area (Å²) in [7, 11) is 0. The summed E-state index contributed by atoms with van der Waals surface area (Å²) >= 11 is 0. The van der Waals surface area contributed by atoms with Crippen LogP contribution in [0.25, 0.3) is 0 Å². The van der Waals surface area contributed by atoms with Gasteiger partial charge in [0.2, 0.25) is 5.91 Å². The highest BCUT2D eigenvalue weighted by Gasteiger charge is 2.32. The lowest BCUT2D eigenvalue weighted by Gasteiger charge is -2.34. The Morgan fingerprint density at radius 2 is 2.00 bits per heavy atom. The summed E-state index contributed by atoms with van der Waals surface area (Å²) < 4.78 is 12.9. The highest BCUT2D eigenvalue weighted by molar-refractivity contribution is 5.76. The van der Waals surface area contributed by atoms with E-state index in [1.54, 1.807) is 0 Å². The zero-order chi connectivity index (χ0) is 19.0. The van der Waals surface area contributed by atoms with E-state index >= 15 is 0 Å². The molecule has 2 aromatic heterocycles. The molecule has 8 heteroatoms. The molecule has 27 heavy (non-hydrogen) atoms. The Bertz CT molecular complexity index is 802. The molecule has 0 radical (unpaired) electrons.